The fourth-order valence-electron chi connectivity index (χ4n) is 4.19. The first kappa shape index (κ1) is 23.6. The minimum Gasteiger partial charge on any atom is -0.283 e. The summed E-state index contributed by atoms with van der Waals surface area (Å²) in [5.41, 5.74) is 4.28. The van der Waals surface area contributed by atoms with Crippen molar-refractivity contribution in [3.05, 3.63) is 44.9 Å². The molecular formula is C22H29ClN4O3S2. The molecule has 174 valence electrons. The van der Waals surface area contributed by atoms with Crippen molar-refractivity contribution in [1.29, 1.82) is 0 Å². The number of carbonyl (C=O) groups excluding carboxylic acids is 1. The van der Waals surface area contributed by atoms with Crippen molar-refractivity contribution in [2.24, 2.45) is 0 Å². The molecule has 0 spiro atoms. The zero-order valence-electron chi connectivity index (χ0n) is 18.2. The van der Waals surface area contributed by atoms with Gasteiger partial charge in [-0.25, -0.2) is 18.4 Å². The first-order valence-electron chi connectivity index (χ1n) is 11.1. The normalized spacial score (nSPS) is 19.6. The summed E-state index contributed by atoms with van der Waals surface area (Å²) in [4.78, 5) is 17.4. The van der Waals surface area contributed by atoms with Crippen LogP contribution < -0.4 is 5.43 Å². The third-order valence-electron chi connectivity index (χ3n) is 6.20. The van der Waals surface area contributed by atoms with Gasteiger partial charge in [-0.05, 0) is 50.3 Å². The van der Waals surface area contributed by atoms with Gasteiger partial charge in [0.15, 0.2) is 0 Å². The van der Waals surface area contributed by atoms with Gasteiger partial charge < -0.3 is 0 Å². The van der Waals surface area contributed by atoms with Gasteiger partial charge in [-0.15, -0.1) is 11.3 Å². The Morgan fingerprint density at radius 3 is 2.47 bits per heavy atom. The number of rotatable bonds is 5. The number of sulfonamides is 1. The number of nitrogens with one attached hydrogen (secondary N) is 1. The molecule has 0 saturated carbocycles. The molecule has 4 rings (SSSR count). The highest BCUT2D eigenvalue weighted by Gasteiger charge is 2.31. The number of halogens is 1. The lowest BCUT2D eigenvalue weighted by Gasteiger charge is -2.30. The second kappa shape index (κ2) is 10.2. The molecule has 2 fully saturated rings. The zero-order chi connectivity index (χ0) is 22.7. The first-order chi connectivity index (χ1) is 15.3. The standard InChI is InChI=1S/C22H29ClN4O3S2/c1-16-6-7-18(14-19(16)23)32(29,30)27-12-8-17(9-13-27)22-24-20(15-31-22)21(28)25-26-10-4-2-3-5-11-26/h6-7,14-15,17H,2-5,8-13H2,1H3,(H,25,28). The maximum absolute atomic E-state index is 13.0. The molecule has 2 aromatic rings. The predicted molar refractivity (Wildman–Crippen MR) is 127 cm³/mol. The topological polar surface area (TPSA) is 82.6 Å². The molecule has 0 atom stereocenters. The zero-order valence-corrected chi connectivity index (χ0v) is 20.6. The van der Waals surface area contributed by atoms with Gasteiger partial charge in [0.1, 0.15) is 5.69 Å². The highest BCUT2D eigenvalue weighted by molar-refractivity contribution is 7.89. The lowest BCUT2D eigenvalue weighted by molar-refractivity contribution is 0.0789. The summed E-state index contributed by atoms with van der Waals surface area (Å²) in [6, 6.07) is 4.86. The molecule has 2 aliphatic rings. The Hall–Kier alpha value is -1.52. The summed E-state index contributed by atoms with van der Waals surface area (Å²) in [5.74, 6) is -0.00143. The van der Waals surface area contributed by atoms with Crippen LogP contribution in [0.25, 0.3) is 0 Å². The highest BCUT2D eigenvalue weighted by Crippen LogP contribution is 2.33. The summed E-state index contributed by atoms with van der Waals surface area (Å²) < 4.78 is 27.5. The van der Waals surface area contributed by atoms with E-state index < -0.39 is 10.0 Å². The smallest absolute Gasteiger partial charge is 0.283 e. The summed E-state index contributed by atoms with van der Waals surface area (Å²) in [7, 11) is -3.57. The van der Waals surface area contributed by atoms with Crippen molar-refractivity contribution in [1.82, 2.24) is 19.7 Å². The van der Waals surface area contributed by atoms with Gasteiger partial charge in [-0.3, -0.25) is 10.2 Å². The number of piperidine rings is 1. The van der Waals surface area contributed by atoms with Gasteiger partial charge in [0, 0.05) is 42.5 Å². The van der Waals surface area contributed by atoms with Crippen molar-refractivity contribution < 1.29 is 13.2 Å². The van der Waals surface area contributed by atoms with E-state index in [1.165, 1.54) is 34.6 Å². The largest absolute Gasteiger partial charge is 0.285 e. The Morgan fingerprint density at radius 1 is 1.12 bits per heavy atom. The molecule has 1 aromatic heterocycles. The van der Waals surface area contributed by atoms with Crippen molar-refractivity contribution in [3.63, 3.8) is 0 Å². The van der Waals surface area contributed by atoms with Crippen LogP contribution in [0.1, 0.15) is 65.5 Å². The van der Waals surface area contributed by atoms with Gasteiger partial charge in [-0.1, -0.05) is 30.5 Å². The molecular weight excluding hydrogens is 468 g/mol. The van der Waals surface area contributed by atoms with Crippen LogP contribution in [0.3, 0.4) is 0 Å². The Bertz CT molecular complexity index is 1060. The number of aromatic nitrogens is 1. The maximum atomic E-state index is 13.0. The lowest BCUT2D eigenvalue weighted by Crippen LogP contribution is -2.42. The molecule has 7 nitrogen and oxygen atoms in total. The first-order valence-corrected chi connectivity index (χ1v) is 13.8. The Morgan fingerprint density at radius 2 is 1.81 bits per heavy atom. The number of amides is 1. The van der Waals surface area contributed by atoms with Crippen molar-refractivity contribution in [3.8, 4) is 0 Å². The summed E-state index contributed by atoms with van der Waals surface area (Å²) in [6.45, 7) is 4.45. The van der Waals surface area contributed by atoms with E-state index in [1.807, 2.05) is 11.9 Å². The third-order valence-corrected chi connectivity index (χ3v) is 9.51. The number of aryl methyl sites for hydroxylation is 1. The van der Waals surface area contributed by atoms with Crippen LogP contribution in [0.4, 0.5) is 0 Å². The van der Waals surface area contributed by atoms with E-state index in [9.17, 15) is 13.2 Å². The number of nitrogens with zero attached hydrogens (tertiary/aromatic N) is 3. The van der Waals surface area contributed by atoms with Crippen molar-refractivity contribution in [2.45, 2.75) is 56.3 Å². The monoisotopic (exact) mass is 496 g/mol. The molecule has 1 amide bonds. The number of benzene rings is 1. The van der Waals surface area contributed by atoms with Crippen LogP contribution in [0.15, 0.2) is 28.5 Å². The fraction of sp³-hybridized carbons (Fsp3) is 0.545. The van der Waals surface area contributed by atoms with E-state index in [0.29, 0.717) is 36.6 Å². The summed E-state index contributed by atoms with van der Waals surface area (Å²) in [5, 5.41) is 5.16. The highest BCUT2D eigenvalue weighted by atomic mass is 35.5. The number of carbonyl (C=O) groups is 1. The van der Waals surface area contributed by atoms with E-state index in [0.717, 1.165) is 36.5 Å². The molecule has 0 radical (unpaired) electrons. The van der Waals surface area contributed by atoms with E-state index in [4.69, 9.17) is 11.6 Å². The Balaban J connectivity index is 1.36. The predicted octanol–water partition coefficient (Wildman–Crippen LogP) is 4.19. The minimum absolute atomic E-state index is 0.160. The molecule has 0 unspecified atom stereocenters. The molecule has 0 aliphatic carbocycles. The van der Waals surface area contributed by atoms with Gasteiger partial charge in [0.2, 0.25) is 10.0 Å². The van der Waals surface area contributed by atoms with Crippen molar-refractivity contribution in [2.75, 3.05) is 26.2 Å². The van der Waals surface area contributed by atoms with Gasteiger partial charge in [0.25, 0.3) is 5.91 Å². The Kier molecular flexibility index (Phi) is 7.51. The number of hydrazine groups is 1. The fourth-order valence-corrected chi connectivity index (χ4v) is 6.90. The van der Waals surface area contributed by atoms with Crippen molar-refractivity contribution >= 4 is 38.9 Å². The molecule has 1 N–H and O–H groups in total. The van der Waals surface area contributed by atoms with E-state index in [-0.39, 0.29) is 16.7 Å². The second-order valence-corrected chi connectivity index (χ2v) is 11.7. The van der Waals surface area contributed by atoms with Gasteiger partial charge in [-0.2, -0.15) is 4.31 Å². The van der Waals surface area contributed by atoms with Crippen LogP contribution in [-0.2, 0) is 10.0 Å². The summed E-state index contributed by atoms with van der Waals surface area (Å²) >= 11 is 7.62. The van der Waals surface area contributed by atoms with E-state index >= 15 is 0 Å². The van der Waals surface area contributed by atoms with Crippen LogP contribution in [0.2, 0.25) is 5.02 Å². The number of hydrogen-bond acceptors (Lipinski definition) is 6. The molecule has 32 heavy (non-hydrogen) atoms. The number of hydrogen-bond donors (Lipinski definition) is 1. The molecule has 3 heterocycles. The van der Waals surface area contributed by atoms with Crippen LogP contribution in [-0.4, -0.2) is 54.8 Å². The summed E-state index contributed by atoms with van der Waals surface area (Å²) in [6.07, 6.45) is 5.97. The molecule has 0 bridgehead atoms. The van der Waals surface area contributed by atoms with E-state index in [1.54, 1.807) is 17.5 Å². The average molecular weight is 497 g/mol. The molecule has 1 aromatic carbocycles. The van der Waals surface area contributed by atoms with Crippen LogP contribution in [0, 0.1) is 6.92 Å². The Labute approximate surface area is 198 Å². The van der Waals surface area contributed by atoms with Gasteiger partial charge >= 0.3 is 0 Å². The van der Waals surface area contributed by atoms with Gasteiger partial charge in [0.05, 0.1) is 9.90 Å². The van der Waals surface area contributed by atoms with Crippen LogP contribution >= 0.6 is 22.9 Å². The maximum Gasteiger partial charge on any atom is 0.285 e. The number of thiazole rings is 1. The van der Waals surface area contributed by atoms with E-state index in [2.05, 4.69) is 10.4 Å². The SMILES string of the molecule is Cc1ccc(S(=O)(=O)N2CCC(c3nc(C(=O)NN4CCCCCC4)cs3)CC2)cc1Cl. The average Bonchev–Trinajstić information content (AvgIpc) is 3.15. The third kappa shape index (κ3) is 5.34. The molecule has 10 heteroatoms. The second-order valence-electron chi connectivity index (χ2n) is 8.50. The molecule has 2 saturated heterocycles. The van der Waals surface area contributed by atoms with Crippen LogP contribution in [0.5, 0.6) is 0 Å². The molecule has 2 aliphatic heterocycles. The minimum atomic E-state index is -3.57. The lowest BCUT2D eigenvalue weighted by atomic mass is 9.99. The quantitative estimate of drug-likeness (QED) is 0.671.